The molecule has 1 atom stereocenters. The molecule has 2 aromatic carbocycles. The first-order chi connectivity index (χ1) is 14.0. The van der Waals surface area contributed by atoms with Crippen LogP contribution in [0.5, 0.6) is 5.75 Å². The summed E-state index contributed by atoms with van der Waals surface area (Å²) in [6.07, 6.45) is 3.90. The first-order valence-corrected chi connectivity index (χ1v) is 11.5. The third-order valence-corrected chi connectivity index (χ3v) is 7.68. The van der Waals surface area contributed by atoms with Crippen LogP contribution >= 0.6 is 0 Å². The molecule has 0 spiro atoms. The average Bonchev–Trinajstić information content (AvgIpc) is 2.78. The van der Waals surface area contributed by atoms with E-state index in [9.17, 15) is 13.2 Å². The van der Waals surface area contributed by atoms with Crippen LogP contribution in [-0.2, 0) is 21.2 Å². The average molecular weight is 415 g/mol. The van der Waals surface area contributed by atoms with Crippen molar-refractivity contribution in [3.8, 4) is 5.75 Å². The van der Waals surface area contributed by atoms with Gasteiger partial charge in [-0.2, -0.15) is 4.31 Å². The molecule has 1 saturated heterocycles. The van der Waals surface area contributed by atoms with Gasteiger partial charge >= 0.3 is 0 Å². The number of amides is 1. The number of fused-ring (bicyclic) bond motifs is 1. The summed E-state index contributed by atoms with van der Waals surface area (Å²) in [5.41, 5.74) is 1.93. The van der Waals surface area contributed by atoms with Crippen LogP contribution in [0.3, 0.4) is 0 Å². The third kappa shape index (κ3) is 3.76. The van der Waals surface area contributed by atoms with Crippen molar-refractivity contribution >= 4 is 21.6 Å². The van der Waals surface area contributed by atoms with E-state index in [1.165, 1.54) is 4.31 Å². The minimum atomic E-state index is -3.72. The molecule has 1 amide bonds. The van der Waals surface area contributed by atoms with Crippen molar-refractivity contribution in [1.82, 2.24) is 4.31 Å². The fraction of sp³-hybridized carbons (Fsp3) is 0.409. The van der Waals surface area contributed by atoms with Crippen molar-refractivity contribution in [2.75, 3.05) is 25.1 Å². The van der Waals surface area contributed by atoms with Gasteiger partial charge in [-0.3, -0.25) is 4.79 Å². The number of hydrogen-bond acceptors (Lipinski definition) is 4. The number of aryl methyl sites for hydroxylation is 1. The SMILES string of the molecule is COc1ccc2c(c1)CCCN2C(=O)[C@@H]1CCCCN1S(=O)(=O)c1ccccc1. The molecule has 0 saturated carbocycles. The van der Waals surface area contributed by atoms with E-state index in [2.05, 4.69) is 0 Å². The number of nitrogens with zero attached hydrogens (tertiary/aromatic N) is 2. The lowest BCUT2D eigenvalue weighted by molar-refractivity contribution is -0.123. The molecule has 0 aromatic heterocycles. The zero-order chi connectivity index (χ0) is 20.4. The van der Waals surface area contributed by atoms with E-state index in [1.807, 2.05) is 18.2 Å². The van der Waals surface area contributed by atoms with E-state index in [-0.39, 0.29) is 10.8 Å². The molecule has 1 fully saturated rings. The molecular formula is C22H26N2O4S. The van der Waals surface area contributed by atoms with Crippen LogP contribution in [0.15, 0.2) is 53.4 Å². The zero-order valence-corrected chi connectivity index (χ0v) is 17.4. The number of benzene rings is 2. The highest BCUT2D eigenvalue weighted by Crippen LogP contribution is 2.33. The second-order valence-electron chi connectivity index (χ2n) is 7.53. The molecule has 4 rings (SSSR count). The van der Waals surface area contributed by atoms with Crippen molar-refractivity contribution in [1.29, 1.82) is 0 Å². The van der Waals surface area contributed by atoms with Gasteiger partial charge in [-0.25, -0.2) is 8.42 Å². The minimum Gasteiger partial charge on any atom is -0.497 e. The topological polar surface area (TPSA) is 66.9 Å². The fourth-order valence-corrected chi connectivity index (χ4v) is 5.95. The number of anilines is 1. The molecule has 2 heterocycles. The summed E-state index contributed by atoms with van der Waals surface area (Å²) in [7, 11) is -2.09. The van der Waals surface area contributed by atoms with Crippen molar-refractivity contribution in [2.45, 2.75) is 43.0 Å². The number of carbonyl (C=O) groups is 1. The first kappa shape index (κ1) is 19.9. The number of sulfonamides is 1. The molecule has 2 aliphatic rings. The van der Waals surface area contributed by atoms with Crippen molar-refractivity contribution < 1.29 is 17.9 Å². The number of rotatable bonds is 4. The molecule has 0 N–H and O–H groups in total. The van der Waals surface area contributed by atoms with Gasteiger partial charge in [0.1, 0.15) is 11.8 Å². The van der Waals surface area contributed by atoms with Crippen molar-refractivity contribution in [3.05, 3.63) is 54.1 Å². The fourth-order valence-electron chi connectivity index (χ4n) is 4.28. The van der Waals surface area contributed by atoms with Gasteiger partial charge in [-0.1, -0.05) is 24.6 Å². The van der Waals surface area contributed by atoms with Crippen LogP contribution in [0.25, 0.3) is 0 Å². The van der Waals surface area contributed by atoms with Gasteiger partial charge in [-0.05, 0) is 61.6 Å². The molecule has 0 unspecified atom stereocenters. The Bertz CT molecular complexity index is 991. The molecule has 0 bridgehead atoms. The Kier molecular flexibility index (Phi) is 5.61. The summed E-state index contributed by atoms with van der Waals surface area (Å²) in [5, 5.41) is 0. The molecule has 7 heteroatoms. The van der Waals surface area contributed by atoms with E-state index >= 15 is 0 Å². The predicted molar refractivity (Wildman–Crippen MR) is 112 cm³/mol. The predicted octanol–water partition coefficient (Wildman–Crippen LogP) is 3.22. The molecule has 6 nitrogen and oxygen atoms in total. The van der Waals surface area contributed by atoms with Crippen LogP contribution in [-0.4, -0.2) is 44.9 Å². The van der Waals surface area contributed by atoms with Gasteiger partial charge in [-0.15, -0.1) is 0 Å². The Labute approximate surface area is 172 Å². The van der Waals surface area contributed by atoms with E-state index in [0.29, 0.717) is 19.5 Å². The maximum absolute atomic E-state index is 13.5. The Morgan fingerprint density at radius 1 is 1.03 bits per heavy atom. The Balaban J connectivity index is 1.66. The summed E-state index contributed by atoms with van der Waals surface area (Å²) in [6.45, 7) is 0.977. The van der Waals surface area contributed by atoms with E-state index in [0.717, 1.165) is 42.7 Å². The molecule has 29 heavy (non-hydrogen) atoms. The standard InChI is InChI=1S/C22H26N2O4S/c1-28-18-12-13-20-17(16-18)8-7-14-23(20)22(25)21-11-5-6-15-24(21)29(26,27)19-9-3-2-4-10-19/h2-4,9-10,12-13,16,21H,5-8,11,14-15H2,1H3/t21-/m0/s1. The Hall–Kier alpha value is -2.38. The van der Waals surface area contributed by atoms with Crippen LogP contribution in [0.2, 0.25) is 0 Å². The van der Waals surface area contributed by atoms with Gasteiger partial charge in [0, 0.05) is 18.8 Å². The molecule has 154 valence electrons. The minimum absolute atomic E-state index is 0.129. The highest BCUT2D eigenvalue weighted by molar-refractivity contribution is 7.89. The summed E-state index contributed by atoms with van der Waals surface area (Å²) in [5.74, 6) is 0.638. The maximum Gasteiger partial charge on any atom is 0.245 e. The summed E-state index contributed by atoms with van der Waals surface area (Å²) in [6, 6.07) is 13.5. The highest BCUT2D eigenvalue weighted by Gasteiger charge is 2.40. The summed E-state index contributed by atoms with van der Waals surface area (Å²) in [4.78, 5) is 15.6. The monoisotopic (exact) mass is 414 g/mol. The second kappa shape index (κ2) is 8.16. The normalized spacial score (nSPS) is 20.2. The molecule has 0 aliphatic carbocycles. The van der Waals surface area contributed by atoms with Crippen LogP contribution in [0.4, 0.5) is 5.69 Å². The van der Waals surface area contributed by atoms with E-state index in [1.54, 1.807) is 42.3 Å². The molecule has 2 aromatic rings. The lowest BCUT2D eigenvalue weighted by Crippen LogP contribution is -2.54. The van der Waals surface area contributed by atoms with Crippen LogP contribution in [0.1, 0.15) is 31.2 Å². The number of hydrogen-bond donors (Lipinski definition) is 0. The quantitative estimate of drug-likeness (QED) is 0.771. The van der Waals surface area contributed by atoms with E-state index < -0.39 is 16.1 Å². The largest absolute Gasteiger partial charge is 0.497 e. The van der Waals surface area contributed by atoms with Gasteiger partial charge in [0.05, 0.1) is 12.0 Å². The molecular weight excluding hydrogens is 388 g/mol. The first-order valence-electron chi connectivity index (χ1n) is 10.1. The summed E-state index contributed by atoms with van der Waals surface area (Å²) >= 11 is 0. The highest BCUT2D eigenvalue weighted by atomic mass is 32.2. The number of ether oxygens (including phenoxy) is 1. The number of carbonyl (C=O) groups excluding carboxylic acids is 1. The lowest BCUT2D eigenvalue weighted by Gasteiger charge is -2.38. The number of piperidine rings is 1. The van der Waals surface area contributed by atoms with Gasteiger partial charge in [0.2, 0.25) is 15.9 Å². The van der Waals surface area contributed by atoms with E-state index in [4.69, 9.17) is 4.74 Å². The summed E-state index contributed by atoms with van der Waals surface area (Å²) < 4.78 is 33.2. The van der Waals surface area contributed by atoms with Crippen molar-refractivity contribution in [3.63, 3.8) is 0 Å². The maximum atomic E-state index is 13.5. The second-order valence-corrected chi connectivity index (χ2v) is 9.42. The molecule has 0 radical (unpaired) electrons. The zero-order valence-electron chi connectivity index (χ0n) is 16.6. The smallest absolute Gasteiger partial charge is 0.245 e. The Morgan fingerprint density at radius 3 is 2.59 bits per heavy atom. The van der Waals surface area contributed by atoms with Gasteiger partial charge in [0.15, 0.2) is 0 Å². The van der Waals surface area contributed by atoms with Gasteiger partial charge in [0.25, 0.3) is 0 Å². The number of methoxy groups -OCH3 is 1. The van der Waals surface area contributed by atoms with Gasteiger partial charge < -0.3 is 9.64 Å². The van der Waals surface area contributed by atoms with Crippen molar-refractivity contribution in [2.24, 2.45) is 0 Å². The Morgan fingerprint density at radius 2 is 1.83 bits per heavy atom. The third-order valence-electron chi connectivity index (χ3n) is 5.76. The lowest BCUT2D eigenvalue weighted by atomic mass is 9.98. The van der Waals surface area contributed by atoms with Crippen LogP contribution in [0, 0.1) is 0 Å². The van der Waals surface area contributed by atoms with Crippen LogP contribution < -0.4 is 9.64 Å². The molecule has 2 aliphatic heterocycles.